The van der Waals surface area contributed by atoms with Crippen LogP contribution in [0.4, 0.5) is 11.4 Å². The van der Waals surface area contributed by atoms with E-state index in [2.05, 4.69) is 5.32 Å². The molecule has 0 atom stereocenters. The van der Waals surface area contributed by atoms with Gasteiger partial charge in [-0.3, -0.25) is 4.79 Å². The van der Waals surface area contributed by atoms with Crippen molar-refractivity contribution in [1.82, 2.24) is 0 Å². The van der Waals surface area contributed by atoms with E-state index in [-0.39, 0.29) is 5.91 Å². The molecule has 0 radical (unpaired) electrons. The van der Waals surface area contributed by atoms with E-state index in [1.807, 2.05) is 13.0 Å². The molecule has 2 rings (SSSR count). The third kappa shape index (κ3) is 3.19. The van der Waals surface area contributed by atoms with Gasteiger partial charge in [-0.1, -0.05) is 29.3 Å². The standard InChI is InChI=1S/C14H12Cl2N2O/c1-8-2-4-10(17)7-13(8)18-14(19)9-3-5-11(15)12(16)6-9/h2-7H,17H2,1H3,(H,18,19). The summed E-state index contributed by atoms with van der Waals surface area (Å²) >= 11 is 11.7. The molecule has 0 unspecified atom stereocenters. The minimum atomic E-state index is -0.257. The molecular formula is C14H12Cl2N2O. The highest BCUT2D eigenvalue weighted by atomic mass is 35.5. The van der Waals surface area contributed by atoms with Gasteiger partial charge < -0.3 is 11.1 Å². The molecule has 0 saturated heterocycles. The Hall–Kier alpha value is -1.71. The van der Waals surface area contributed by atoms with E-state index >= 15 is 0 Å². The molecule has 19 heavy (non-hydrogen) atoms. The summed E-state index contributed by atoms with van der Waals surface area (Å²) in [4.78, 5) is 12.1. The summed E-state index contributed by atoms with van der Waals surface area (Å²) in [5.74, 6) is -0.257. The minimum Gasteiger partial charge on any atom is -0.399 e. The van der Waals surface area contributed by atoms with Gasteiger partial charge in [-0.2, -0.15) is 0 Å². The van der Waals surface area contributed by atoms with Crippen molar-refractivity contribution < 1.29 is 4.79 Å². The Labute approximate surface area is 121 Å². The second-order valence-corrected chi connectivity index (χ2v) is 4.97. The van der Waals surface area contributed by atoms with Crippen LogP contribution in [0.25, 0.3) is 0 Å². The van der Waals surface area contributed by atoms with Crippen molar-refractivity contribution in [3.05, 3.63) is 57.6 Å². The number of anilines is 2. The molecule has 0 aliphatic heterocycles. The third-order valence-corrected chi connectivity index (χ3v) is 3.43. The Morgan fingerprint density at radius 2 is 1.84 bits per heavy atom. The first kappa shape index (κ1) is 13.7. The molecule has 3 nitrogen and oxygen atoms in total. The summed E-state index contributed by atoms with van der Waals surface area (Å²) < 4.78 is 0. The maximum Gasteiger partial charge on any atom is 0.255 e. The third-order valence-electron chi connectivity index (χ3n) is 2.69. The van der Waals surface area contributed by atoms with Crippen LogP contribution in [0.3, 0.4) is 0 Å². The van der Waals surface area contributed by atoms with Gasteiger partial charge in [0.25, 0.3) is 5.91 Å². The quantitative estimate of drug-likeness (QED) is 0.818. The lowest BCUT2D eigenvalue weighted by molar-refractivity contribution is 0.102. The van der Waals surface area contributed by atoms with Gasteiger partial charge >= 0.3 is 0 Å². The van der Waals surface area contributed by atoms with E-state index in [1.54, 1.807) is 24.3 Å². The number of rotatable bonds is 2. The smallest absolute Gasteiger partial charge is 0.255 e. The van der Waals surface area contributed by atoms with Gasteiger partial charge in [-0.25, -0.2) is 0 Å². The first-order chi connectivity index (χ1) is 8.97. The topological polar surface area (TPSA) is 55.1 Å². The first-order valence-electron chi connectivity index (χ1n) is 5.60. The zero-order valence-electron chi connectivity index (χ0n) is 10.2. The van der Waals surface area contributed by atoms with Crippen molar-refractivity contribution in [3.63, 3.8) is 0 Å². The van der Waals surface area contributed by atoms with E-state index in [4.69, 9.17) is 28.9 Å². The van der Waals surface area contributed by atoms with Crippen LogP contribution in [0, 0.1) is 6.92 Å². The zero-order chi connectivity index (χ0) is 14.0. The fourth-order valence-corrected chi connectivity index (χ4v) is 1.90. The number of carbonyl (C=O) groups excluding carboxylic acids is 1. The Balaban J connectivity index is 2.25. The van der Waals surface area contributed by atoms with Gasteiger partial charge in [0.1, 0.15) is 0 Å². The summed E-state index contributed by atoms with van der Waals surface area (Å²) in [6.07, 6.45) is 0. The number of benzene rings is 2. The van der Waals surface area contributed by atoms with Crippen LogP contribution in [0.15, 0.2) is 36.4 Å². The van der Waals surface area contributed by atoms with Crippen LogP contribution in [-0.4, -0.2) is 5.91 Å². The lowest BCUT2D eigenvalue weighted by Crippen LogP contribution is -2.13. The number of nitrogens with one attached hydrogen (secondary N) is 1. The van der Waals surface area contributed by atoms with Crippen molar-refractivity contribution in [2.45, 2.75) is 6.92 Å². The lowest BCUT2D eigenvalue weighted by atomic mass is 10.1. The SMILES string of the molecule is Cc1ccc(N)cc1NC(=O)c1ccc(Cl)c(Cl)c1. The van der Waals surface area contributed by atoms with Crippen molar-refractivity contribution in [2.75, 3.05) is 11.1 Å². The molecule has 0 aromatic heterocycles. The molecule has 0 heterocycles. The molecule has 3 N–H and O–H groups in total. The van der Waals surface area contributed by atoms with Gasteiger partial charge in [-0.05, 0) is 42.8 Å². The Kier molecular flexibility index (Phi) is 3.98. The van der Waals surface area contributed by atoms with Gasteiger partial charge in [0.05, 0.1) is 10.0 Å². The number of aryl methyl sites for hydroxylation is 1. The molecule has 0 aliphatic carbocycles. The summed E-state index contributed by atoms with van der Waals surface area (Å²) in [5.41, 5.74) is 8.34. The van der Waals surface area contributed by atoms with Gasteiger partial charge in [0.15, 0.2) is 0 Å². The monoisotopic (exact) mass is 294 g/mol. The van der Waals surface area contributed by atoms with E-state index in [9.17, 15) is 4.79 Å². The second kappa shape index (κ2) is 5.51. The molecule has 0 aliphatic rings. The molecule has 0 bridgehead atoms. The normalized spacial score (nSPS) is 10.3. The summed E-state index contributed by atoms with van der Waals surface area (Å²) in [6.45, 7) is 1.89. The van der Waals surface area contributed by atoms with Gasteiger partial charge in [0, 0.05) is 16.9 Å². The van der Waals surface area contributed by atoms with E-state index in [1.165, 1.54) is 6.07 Å². The van der Waals surface area contributed by atoms with Crippen LogP contribution < -0.4 is 11.1 Å². The molecule has 2 aromatic rings. The highest BCUT2D eigenvalue weighted by molar-refractivity contribution is 6.42. The van der Waals surface area contributed by atoms with Gasteiger partial charge in [-0.15, -0.1) is 0 Å². The molecular weight excluding hydrogens is 283 g/mol. The fraction of sp³-hybridized carbons (Fsp3) is 0.0714. The van der Waals surface area contributed by atoms with Crippen molar-refractivity contribution in [1.29, 1.82) is 0 Å². The molecule has 0 fully saturated rings. The minimum absolute atomic E-state index is 0.257. The van der Waals surface area contributed by atoms with Crippen LogP contribution in [0.2, 0.25) is 10.0 Å². The summed E-state index contributed by atoms with van der Waals surface area (Å²) in [5, 5.41) is 3.55. The number of hydrogen-bond acceptors (Lipinski definition) is 2. The Morgan fingerprint density at radius 3 is 2.53 bits per heavy atom. The number of amides is 1. The maximum atomic E-state index is 12.1. The van der Waals surface area contributed by atoms with Crippen LogP contribution >= 0.6 is 23.2 Å². The first-order valence-corrected chi connectivity index (χ1v) is 6.35. The highest BCUT2D eigenvalue weighted by Gasteiger charge is 2.09. The molecule has 5 heteroatoms. The summed E-state index contributed by atoms with van der Waals surface area (Å²) in [7, 11) is 0. The maximum absolute atomic E-state index is 12.1. The second-order valence-electron chi connectivity index (χ2n) is 4.16. The van der Waals surface area contributed by atoms with Crippen LogP contribution in [0.1, 0.15) is 15.9 Å². The van der Waals surface area contributed by atoms with E-state index in [0.717, 1.165) is 5.56 Å². The Bertz CT molecular complexity index is 641. The van der Waals surface area contributed by atoms with Crippen LogP contribution in [-0.2, 0) is 0 Å². The van der Waals surface area contributed by atoms with E-state index in [0.29, 0.717) is 27.0 Å². The van der Waals surface area contributed by atoms with Crippen molar-refractivity contribution in [2.24, 2.45) is 0 Å². The van der Waals surface area contributed by atoms with Crippen LogP contribution in [0.5, 0.6) is 0 Å². The molecule has 2 aromatic carbocycles. The molecule has 98 valence electrons. The largest absolute Gasteiger partial charge is 0.399 e. The van der Waals surface area contributed by atoms with E-state index < -0.39 is 0 Å². The highest BCUT2D eigenvalue weighted by Crippen LogP contribution is 2.24. The number of nitrogen functional groups attached to an aromatic ring is 1. The number of carbonyl (C=O) groups is 1. The lowest BCUT2D eigenvalue weighted by Gasteiger charge is -2.09. The predicted molar refractivity (Wildman–Crippen MR) is 80.0 cm³/mol. The van der Waals surface area contributed by atoms with Crippen molar-refractivity contribution in [3.8, 4) is 0 Å². The molecule has 1 amide bonds. The number of halogens is 2. The fourth-order valence-electron chi connectivity index (χ4n) is 1.61. The average Bonchev–Trinajstić information content (AvgIpc) is 2.37. The molecule has 0 spiro atoms. The number of nitrogens with two attached hydrogens (primary N) is 1. The number of hydrogen-bond donors (Lipinski definition) is 2. The summed E-state index contributed by atoms with van der Waals surface area (Å²) in [6, 6.07) is 10.1. The van der Waals surface area contributed by atoms with Gasteiger partial charge in [0.2, 0.25) is 0 Å². The average molecular weight is 295 g/mol. The predicted octanol–water partition coefficient (Wildman–Crippen LogP) is 4.14. The Morgan fingerprint density at radius 1 is 1.11 bits per heavy atom. The van der Waals surface area contributed by atoms with Crippen molar-refractivity contribution >= 4 is 40.5 Å². The zero-order valence-corrected chi connectivity index (χ0v) is 11.7. The molecule has 0 saturated carbocycles.